The zero-order valence-corrected chi connectivity index (χ0v) is 9.10. The topological polar surface area (TPSA) is 76.2 Å². The first-order valence-corrected chi connectivity index (χ1v) is 5.34. The van der Waals surface area contributed by atoms with Crippen molar-refractivity contribution < 1.29 is 9.90 Å². The van der Waals surface area contributed by atoms with Gasteiger partial charge in [0.1, 0.15) is 5.00 Å². The Bertz CT molecular complexity index is 336. The predicted octanol–water partition coefficient (Wildman–Crippen LogP) is 2.01. The first kappa shape index (κ1) is 11.0. The Labute approximate surface area is 86.8 Å². The average Bonchev–Trinajstić information content (AvgIpc) is 2.46. The van der Waals surface area contributed by atoms with Crippen molar-refractivity contribution in [2.45, 2.75) is 26.7 Å². The van der Waals surface area contributed by atoms with E-state index in [1.807, 2.05) is 0 Å². The van der Waals surface area contributed by atoms with Gasteiger partial charge >= 0.3 is 5.97 Å². The summed E-state index contributed by atoms with van der Waals surface area (Å²) >= 11 is 1.27. The third kappa shape index (κ3) is 2.45. The predicted molar refractivity (Wildman–Crippen MR) is 56.6 cm³/mol. The third-order valence-corrected chi connectivity index (χ3v) is 3.03. The van der Waals surface area contributed by atoms with Gasteiger partial charge in [-0.25, -0.2) is 9.78 Å². The molecule has 0 aliphatic carbocycles. The summed E-state index contributed by atoms with van der Waals surface area (Å²) < 4.78 is 0. The van der Waals surface area contributed by atoms with Crippen LogP contribution in [0.3, 0.4) is 0 Å². The molecule has 1 heterocycles. The molecule has 1 aromatic rings. The van der Waals surface area contributed by atoms with Crippen molar-refractivity contribution in [2.24, 2.45) is 5.92 Å². The molecule has 0 fully saturated rings. The van der Waals surface area contributed by atoms with Gasteiger partial charge in [-0.2, -0.15) is 0 Å². The van der Waals surface area contributed by atoms with Crippen LogP contribution in [0.1, 0.15) is 35.8 Å². The van der Waals surface area contributed by atoms with E-state index in [0.29, 0.717) is 10.9 Å². The van der Waals surface area contributed by atoms with Crippen LogP contribution in [0.4, 0.5) is 5.00 Å². The quantitative estimate of drug-likeness (QED) is 0.803. The van der Waals surface area contributed by atoms with Crippen molar-refractivity contribution in [2.75, 3.05) is 5.73 Å². The fourth-order valence-electron chi connectivity index (χ4n) is 1.06. The van der Waals surface area contributed by atoms with Crippen LogP contribution >= 0.6 is 11.3 Å². The molecule has 0 saturated carbocycles. The van der Waals surface area contributed by atoms with Crippen molar-refractivity contribution in [3.8, 4) is 0 Å². The summed E-state index contributed by atoms with van der Waals surface area (Å²) in [6.45, 7) is 4.21. The lowest BCUT2D eigenvalue weighted by molar-refractivity contribution is 0.0692. The van der Waals surface area contributed by atoms with Gasteiger partial charge < -0.3 is 10.8 Å². The van der Waals surface area contributed by atoms with Crippen LogP contribution in [0.15, 0.2) is 0 Å². The van der Waals surface area contributed by atoms with Crippen LogP contribution in [0.2, 0.25) is 0 Å². The molecule has 1 aromatic heterocycles. The summed E-state index contributed by atoms with van der Waals surface area (Å²) in [5.74, 6) is -0.531. The van der Waals surface area contributed by atoms with Crippen molar-refractivity contribution in [1.82, 2.24) is 4.98 Å². The van der Waals surface area contributed by atoms with Crippen molar-refractivity contribution in [3.63, 3.8) is 0 Å². The number of carboxylic acids is 1. The number of aromatic nitrogens is 1. The zero-order valence-electron chi connectivity index (χ0n) is 8.28. The van der Waals surface area contributed by atoms with Crippen LogP contribution in [0.5, 0.6) is 0 Å². The highest BCUT2D eigenvalue weighted by molar-refractivity contribution is 7.15. The minimum Gasteiger partial charge on any atom is -0.476 e. The van der Waals surface area contributed by atoms with E-state index >= 15 is 0 Å². The van der Waals surface area contributed by atoms with E-state index in [1.165, 1.54) is 11.3 Å². The van der Waals surface area contributed by atoms with E-state index < -0.39 is 5.97 Å². The Balaban J connectivity index is 2.81. The lowest BCUT2D eigenvalue weighted by Gasteiger charge is -2.03. The second-order valence-corrected chi connectivity index (χ2v) is 4.46. The van der Waals surface area contributed by atoms with Crippen molar-refractivity contribution >= 4 is 22.3 Å². The second kappa shape index (κ2) is 4.41. The number of thiazole rings is 1. The lowest BCUT2D eigenvalue weighted by atomic mass is 10.1. The van der Waals surface area contributed by atoms with Crippen LogP contribution in [0, 0.1) is 5.92 Å². The first-order valence-electron chi connectivity index (χ1n) is 4.53. The molecular formula is C9H14N2O2S. The lowest BCUT2D eigenvalue weighted by Crippen LogP contribution is -2.02. The summed E-state index contributed by atoms with van der Waals surface area (Å²) in [5.41, 5.74) is 5.53. The van der Waals surface area contributed by atoms with E-state index in [-0.39, 0.29) is 5.69 Å². The maximum atomic E-state index is 10.7. The Kier molecular flexibility index (Phi) is 3.46. The summed E-state index contributed by atoms with van der Waals surface area (Å²) in [6, 6.07) is 0. The molecule has 78 valence electrons. The molecule has 0 aliphatic rings. The van der Waals surface area contributed by atoms with Gasteiger partial charge in [-0.3, -0.25) is 0 Å². The molecule has 0 spiro atoms. The third-order valence-electron chi connectivity index (χ3n) is 2.12. The molecule has 4 nitrogen and oxygen atoms in total. The number of anilines is 1. The Hall–Kier alpha value is -1.10. The van der Waals surface area contributed by atoms with Gasteiger partial charge in [0.2, 0.25) is 0 Å². The Morgan fingerprint density at radius 2 is 2.36 bits per heavy atom. The number of aromatic carboxylic acids is 1. The number of hydrogen-bond acceptors (Lipinski definition) is 4. The number of carbonyl (C=O) groups is 1. The SMILES string of the molecule is CCC(C)Cc1nc(C(=O)O)c(N)s1. The highest BCUT2D eigenvalue weighted by atomic mass is 32.1. The van der Waals surface area contributed by atoms with Gasteiger partial charge in [-0.05, 0) is 5.92 Å². The molecule has 0 aromatic carbocycles. The van der Waals surface area contributed by atoms with Gasteiger partial charge in [-0.15, -0.1) is 11.3 Å². The normalized spacial score (nSPS) is 12.7. The maximum Gasteiger partial charge on any atom is 0.357 e. The van der Waals surface area contributed by atoms with Gasteiger partial charge in [0.05, 0.1) is 5.01 Å². The van der Waals surface area contributed by atoms with Crippen LogP contribution in [-0.4, -0.2) is 16.1 Å². The maximum absolute atomic E-state index is 10.7. The van der Waals surface area contributed by atoms with Gasteiger partial charge in [0.15, 0.2) is 5.69 Å². The molecule has 3 N–H and O–H groups in total. The Morgan fingerprint density at radius 3 is 2.79 bits per heavy atom. The minimum absolute atomic E-state index is 0.00620. The number of rotatable bonds is 4. The highest BCUT2D eigenvalue weighted by Gasteiger charge is 2.15. The number of nitrogens with zero attached hydrogens (tertiary/aromatic N) is 1. The van der Waals surface area contributed by atoms with E-state index in [9.17, 15) is 4.79 Å². The number of carboxylic acid groups (broad SMARTS) is 1. The van der Waals surface area contributed by atoms with Gasteiger partial charge in [-0.1, -0.05) is 20.3 Å². The van der Waals surface area contributed by atoms with E-state index in [4.69, 9.17) is 10.8 Å². The molecule has 0 saturated heterocycles. The number of nitrogen functional groups attached to an aromatic ring is 1. The molecule has 5 heteroatoms. The van der Waals surface area contributed by atoms with Crippen molar-refractivity contribution in [1.29, 1.82) is 0 Å². The number of hydrogen-bond donors (Lipinski definition) is 2. The first-order chi connectivity index (χ1) is 6.54. The van der Waals surface area contributed by atoms with Crippen LogP contribution < -0.4 is 5.73 Å². The largest absolute Gasteiger partial charge is 0.476 e. The van der Waals surface area contributed by atoms with E-state index in [2.05, 4.69) is 18.8 Å². The fraction of sp³-hybridized carbons (Fsp3) is 0.556. The molecule has 0 radical (unpaired) electrons. The molecule has 0 bridgehead atoms. The summed E-state index contributed by atoms with van der Waals surface area (Å²) in [4.78, 5) is 14.6. The second-order valence-electron chi connectivity index (χ2n) is 3.34. The van der Waals surface area contributed by atoms with E-state index in [0.717, 1.165) is 17.8 Å². The Morgan fingerprint density at radius 1 is 1.71 bits per heavy atom. The molecule has 14 heavy (non-hydrogen) atoms. The van der Waals surface area contributed by atoms with E-state index in [1.54, 1.807) is 0 Å². The van der Waals surface area contributed by atoms with Gasteiger partial charge in [0, 0.05) is 6.42 Å². The van der Waals surface area contributed by atoms with Gasteiger partial charge in [0.25, 0.3) is 0 Å². The summed E-state index contributed by atoms with van der Waals surface area (Å²) in [5, 5.41) is 9.85. The van der Waals surface area contributed by atoms with Crippen molar-refractivity contribution in [3.05, 3.63) is 10.7 Å². The van der Waals surface area contributed by atoms with Crippen LogP contribution in [-0.2, 0) is 6.42 Å². The highest BCUT2D eigenvalue weighted by Crippen LogP contribution is 2.23. The monoisotopic (exact) mass is 214 g/mol. The number of nitrogens with two attached hydrogens (primary N) is 1. The molecule has 0 amide bonds. The fourth-order valence-corrected chi connectivity index (χ4v) is 2.05. The standard InChI is InChI=1S/C9H14N2O2S/c1-3-5(2)4-6-11-7(9(12)13)8(10)14-6/h5H,3-4,10H2,1-2H3,(H,12,13). The zero-order chi connectivity index (χ0) is 10.7. The minimum atomic E-state index is -1.05. The smallest absolute Gasteiger partial charge is 0.357 e. The summed E-state index contributed by atoms with van der Waals surface area (Å²) in [7, 11) is 0. The molecular weight excluding hydrogens is 200 g/mol. The molecule has 0 aliphatic heterocycles. The summed E-state index contributed by atoms with van der Waals surface area (Å²) in [6.07, 6.45) is 1.86. The molecule has 1 atom stereocenters. The molecule has 1 rings (SSSR count). The van der Waals surface area contributed by atoms with Crippen LogP contribution in [0.25, 0.3) is 0 Å². The molecule has 1 unspecified atom stereocenters. The average molecular weight is 214 g/mol.